The molecule has 0 aromatic heterocycles. The zero-order valence-corrected chi connectivity index (χ0v) is 26.1. The monoisotopic (exact) mass is 676 g/mol. The van der Waals surface area contributed by atoms with Crippen molar-refractivity contribution in [3.05, 3.63) is 175 Å². The fraction of sp³-hybridized carbons (Fsp3) is 0.0857. The van der Waals surface area contributed by atoms with Crippen LogP contribution in [0, 0.1) is 0 Å². The van der Waals surface area contributed by atoms with Gasteiger partial charge in [0.15, 0.2) is 0 Å². The fourth-order valence-electron chi connectivity index (χ4n) is 5.58. The minimum absolute atomic E-state index is 0.121. The van der Waals surface area contributed by atoms with E-state index in [1.165, 1.54) is 25.6 Å². The van der Waals surface area contributed by atoms with Gasteiger partial charge in [0, 0.05) is 0 Å². The zero-order chi connectivity index (χ0) is 26.7. The van der Waals surface area contributed by atoms with Crippen molar-refractivity contribution in [2.24, 2.45) is 0 Å². The molecule has 5 aromatic carbocycles. The molecule has 0 fully saturated rings. The number of hydrogen-bond acceptors (Lipinski definition) is 0. The first-order chi connectivity index (χ1) is 19.1. The summed E-state index contributed by atoms with van der Waals surface area (Å²) < 4.78 is 5.96. The van der Waals surface area contributed by atoms with Crippen LogP contribution in [0.5, 0.6) is 0 Å². The van der Waals surface area contributed by atoms with E-state index in [0.717, 1.165) is 16.5 Å². The van der Waals surface area contributed by atoms with Crippen molar-refractivity contribution in [2.75, 3.05) is 0 Å². The Hall–Kier alpha value is -2.54. The first kappa shape index (κ1) is 26.7. The van der Waals surface area contributed by atoms with Gasteiger partial charge in [0.05, 0.1) is 0 Å². The van der Waals surface area contributed by atoms with Crippen molar-refractivity contribution >= 4 is 62.0 Å². The molecule has 0 N–H and O–H groups in total. The van der Waals surface area contributed by atoms with E-state index >= 15 is 0 Å². The van der Waals surface area contributed by atoms with Crippen molar-refractivity contribution in [2.45, 2.75) is 17.8 Å². The topological polar surface area (TPSA) is 0 Å². The summed E-state index contributed by atoms with van der Waals surface area (Å²) in [5.74, 6) is 0.252. The first-order valence-electron chi connectivity index (χ1n) is 12.9. The number of allylic oxidation sites excluding steroid dienone is 2. The molecule has 39 heavy (non-hydrogen) atoms. The standard InChI is InChI=1S/C35H26Cl2Se2/c36-28-20-16-26(17-21-28)35(27-18-22-29(37)23-19-27)32(25-10-4-1-5-11-25)24-33(38-30-12-6-2-7-13-30)34(35)39-31-14-8-3-9-15-31/h1-23,32H,24H2. The van der Waals surface area contributed by atoms with Gasteiger partial charge >= 0.3 is 255 Å². The summed E-state index contributed by atoms with van der Waals surface area (Å²) in [6.45, 7) is 0. The van der Waals surface area contributed by atoms with Crippen LogP contribution in [0.3, 0.4) is 0 Å². The van der Waals surface area contributed by atoms with Crippen molar-refractivity contribution in [3.63, 3.8) is 0 Å². The van der Waals surface area contributed by atoms with E-state index in [4.69, 9.17) is 23.2 Å². The molecule has 1 atom stereocenters. The quantitative estimate of drug-likeness (QED) is 0.155. The van der Waals surface area contributed by atoms with Crippen LogP contribution in [0.15, 0.2) is 148 Å². The van der Waals surface area contributed by atoms with Crippen molar-refractivity contribution in [3.8, 4) is 0 Å². The Morgan fingerprint density at radius 1 is 0.513 bits per heavy atom. The van der Waals surface area contributed by atoms with Gasteiger partial charge in [0.2, 0.25) is 0 Å². The summed E-state index contributed by atoms with van der Waals surface area (Å²) in [5.41, 5.74) is 3.60. The summed E-state index contributed by atoms with van der Waals surface area (Å²) in [6, 6.07) is 50.2. The maximum absolute atomic E-state index is 6.46. The Morgan fingerprint density at radius 2 is 0.949 bits per heavy atom. The normalized spacial score (nSPS) is 16.4. The average Bonchev–Trinajstić information content (AvgIpc) is 3.29. The van der Waals surface area contributed by atoms with Crippen LogP contribution < -0.4 is 8.92 Å². The molecule has 4 heteroatoms. The Labute approximate surface area is 253 Å². The molecule has 1 aliphatic carbocycles. The predicted molar refractivity (Wildman–Crippen MR) is 168 cm³/mol. The van der Waals surface area contributed by atoms with Crippen molar-refractivity contribution in [1.29, 1.82) is 0 Å². The van der Waals surface area contributed by atoms with Crippen LogP contribution in [-0.2, 0) is 5.41 Å². The number of benzene rings is 5. The molecule has 0 saturated carbocycles. The van der Waals surface area contributed by atoms with Gasteiger partial charge in [0.1, 0.15) is 0 Å². The van der Waals surface area contributed by atoms with E-state index in [-0.39, 0.29) is 41.2 Å². The summed E-state index contributed by atoms with van der Waals surface area (Å²) in [4.78, 5) is 0. The van der Waals surface area contributed by atoms with Crippen LogP contribution in [0.4, 0.5) is 0 Å². The Kier molecular flexibility index (Phi) is 8.14. The van der Waals surface area contributed by atoms with Gasteiger partial charge in [-0.25, -0.2) is 0 Å². The van der Waals surface area contributed by atoms with Crippen LogP contribution in [0.1, 0.15) is 29.0 Å². The summed E-state index contributed by atoms with van der Waals surface area (Å²) in [7, 11) is 0. The SMILES string of the molecule is Clc1ccc(C2(c3ccc(Cl)cc3)C([Se]c3ccccc3)=C([Se]c3ccccc3)CC2c2ccccc2)cc1. The molecule has 6 rings (SSSR count). The molecule has 5 aromatic rings. The third kappa shape index (κ3) is 5.44. The van der Waals surface area contributed by atoms with Crippen LogP contribution in [0.25, 0.3) is 0 Å². The Morgan fingerprint density at radius 3 is 1.44 bits per heavy atom. The molecule has 0 aliphatic heterocycles. The molecule has 0 saturated heterocycles. The molecule has 1 unspecified atom stereocenters. The van der Waals surface area contributed by atoms with Gasteiger partial charge in [-0.05, 0) is 0 Å². The molecule has 0 nitrogen and oxygen atoms in total. The van der Waals surface area contributed by atoms with Gasteiger partial charge in [-0.1, -0.05) is 0 Å². The Balaban J connectivity index is 1.66. The first-order valence-corrected chi connectivity index (χ1v) is 17.1. The van der Waals surface area contributed by atoms with Crippen LogP contribution >= 0.6 is 23.2 Å². The van der Waals surface area contributed by atoms with Gasteiger partial charge in [0.25, 0.3) is 0 Å². The van der Waals surface area contributed by atoms with Crippen molar-refractivity contribution in [1.82, 2.24) is 0 Å². The van der Waals surface area contributed by atoms with Gasteiger partial charge < -0.3 is 0 Å². The molecule has 192 valence electrons. The second-order valence-electron chi connectivity index (χ2n) is 9.57. The summed E-state index contributed by atoms with van der Waals surface area (Å²) in [6.07, 6.45) is 1.02. The van der Waals surface area contributed by atoms with E-state index in [9.17, 15) is 0 Å². The molecule has 0 amide bonds. The second kappa shape index (κ2) is 11.9. The number of hydrogen-bond donors (Lipinski definition) is 0. The maximum atomic E-state index is 6.46. The van der Waals surface area contributed by atoms with E-state index in [2.05, 4.69) is 115 Å². The van der Waals surface area contributed by atoms with E-state index in [0.29, 0.717) is 0 Å². The Bertz CT molecular complexity index is 1520. The molecule has 1 aliphatic rings. The molecule has 0 heterocycles. The molecule has 0 spiro atoms. The van der Waals surface area contributed by atoms with E-state index in [1.54, 1.807) is 8.94 Å². The van der Waals surface area contributed by atoms with Crippen molar-refractivity contribution < 1.29 is 0 Å². The zero-order valence-electron chi connectivity index (χ0n) is 21.1. The molecular formula is C35H26Cl2Se2. The van der Waals surface area contributed by atoms with Crippen LogP contribution in [0.2, 0.25) is 10.0 Å². The minimum atomic E-state index is -0.335. The summed E-state index contributed by atoms with van der Waals surface area (Å²) >= 11 is 13.3. The third-order valence-corrected chi connectivity index (χ3v) is 13.5. The molecular weight excluding hydrogens is 649 g/mol. The van der Waals surface area contributed by atoms with E-state index in [1.807, 2.05) is 24.3 Å². The number of halogens is 2. The third-order valence-electron chi connectivity index (χ3n) is 7.27. The summed E-state index contributed by atoms with van der Waals surface area (Å²) in [5, 5.41) is 1.51. The van der Waals surface area contributed by atoms with E-state index < -0.39 is 0 Å². The van der Waals surface area contributed by atoms with Gasteiger partial charge in [-0.2, -0.15) is 0 Å². The van der Waals surface area contributed by atoms with Gasteiger partial charge in [-0.3, -0.25) is 0 Å². The number of rotatable bonds is 7. The fourth-order valence-corrected chi connectivity index (χ4v) is 11.7. The average molecular weight is 675 g/mol. The predicted octanol–water partition coefficient (Wildman–Crippen LogP) is 7.74. The van der Waals surface area contributed by atoms with Crippen LogP contribution in [-0.4, -0.2) is 29.9 Å². The molecule has 0 radical (unpaired) electrons. The van der Waals surface area contributed by atoms with Gasteiger partial charge in [-0.15, -0.1) is 0 Å². The molecule has 0 bridgehead atoms. The second-order valence-corrected chi connectivity index (χ2v) is 15.2.